The summed E-state index contributed by atoms with van der Waals surface area (Å²) in [6, 6.07) is -1.35. The van der Waals surface area contributed by atoms with Gasteiger partial charge in [0.25, 0.3) is 0 Å². The third kappa shape index (κ3) is 8.72. The van der Waals surface area contributed by atoms with Crippen molar-refractivity contribution in [2.45, 2.75) is 82.6 Å². The predicted octanol–water partition coefficient (Wildman–Crippen LogP) is 3.70. The molecule has 2 fully saturated rings. The molecule has 43 heavy (non-hydrogen) atoms. The molecule has 11 nitrogen and oxygen atoms in total. The van der Waals surface area contributed by atoms with E-state index in [9.17, 15) is 24.0 Å². The minimum atomic E-state index is -2.25. The van der Waals surface area contributed by atoms with E-state index in [2.05, 4.69) is 47.0 Å². The fraction of sp³-hybridized carbons (Fsp3) is 0.700. The van der Waals surface area contributed by atoms with Crippen molar-refractivity contribution in [3.63, 3.8) is 0 Å². The summed E-state index contributed by atoms with van der Waals surface area (Å²) in [5.74, 6) is -2.38. The lowest BCUT2D eigenvalue weighted by Crippen LogP contribution is -2.69. The maximum atomic E-state index is 13.7. The predicted molar refractivity (Wildman–Crippen MR) is 169 cm³/mol. The topological polar surface area (TPSA) is 123 Å². The van der Waals surface area contributed by atoms with Gasteiger partial charge in [0.15, 0.2) is 13.4 Å². The van der Waals surface area contributed by atoms with Crippen molar-refractivity contribution >= 4 is 49.1 Å². The van der Waals surface area contributed by atoms with Crippen molar-refractivity contribution in [2.24, 2.45) is 11.8 Å². The van der Waals surface area contributed by atoms with E-state index >= 15 is 0 Å². The molecule has 3 amide bonds. The quantitative estimate of drug-likeness (QED) is 0.128. The number of ether oxygens (including phenoxy) is 2. The van der Waals surface area contributed by atoms with E-state index in [0.29, 0.717) is 0 Å². The van der Waals surface area contributed by atoms with Gasteiger partial charge in [0, 0.05) is 31.8 Å². The average Bonchev–Trinajstić information content (AvgIpc) is 3.33. The van der Waals surface area contributed by atoms with Crippen LogP contribution >= 0.6 is 11.8 Å². The van der Waals surface area contributed by atoms with E-state index in [4.69, 9.17) is 13.9 Å². The monoisotopic (exact) mass is 639 g/mol. The Morgan fingerprint density at radius 2 is 1.67 bits per heavy atom. The van der Waals surface area contributed by atoms with Crippen LogP contribution in [0.3, 0.4) is 0 Å². The van der Waals surface area contributed by atoms with Crippen molar-refractivity contribution < 1.29 is 37.9 Å². The first-order valence-electron chi connectivity index (χ1n) is 14.6. The molecule has 0 saturated carbocycles. The molecule has 2 rings (SSSR count). The summed E-state index contributed by atoms with van der Waals surface area (Å²) >= 11 is 1.06. The summed E-state index contributed by atoms with van der Waals surface area (Å²) in [4.78, 5) is 69.4. The van der Waals surface area contributed by atoms with Gasteiger partial charge < -0.3 is 23.7 Å². The molecule has 6 atom stereocenters. The molecule has 0 N–H and O–H groups in total. The molecule has 2 heterocycles. The number of likely N-dealkylation sites (N-methyl/N-ethyl adjacent to an activating group) is 1. The smallest absolute Gasteiger partial charge is 0.410 e. The number of hydrogen-bond acceptors (Lipinski definition) is 9. The van der Waals surface area contributed by atoms with E-state index in [1.807, 2.05) is 6.92 Å². The molecule has 0 aromatic carbocycles. The molecule has 2 aliphatic heterocycles. The molecule has 2 unspecified atom stereocenters. The Balaban J connectivity index is 2.27. The van der Waals surface area contributed by atoms with E-state index < -0.39 is 50.4 Å². The third-order valence-corrected chi connectivity index (χ3v) is 14.3. The van der Waals surface area contributed by atoms with Crippen LogP contribution in [-0.2, 0) is 33.1 Å². The molecular formula is C30H49N3O8SSi. The van der Waals surface area contributed by atoms with Gasteiger partial charge in [-0.25, -0.2) is 4.79 Å². The van der Waals surface area contributed by atoms with Crippen molar-refractivity contribution in [1.82, 2.24) is 14.7 Å². The Hall–Kier alpha value is -2.64. The van der Waals surface area contributed by atoms with Gasteiger partial charge >= 0.3 is 12.1 Å². The van der Waals surface area contributed by atoms with Gasteiger partial charge in [-0.1, -0.05) is 64.8 Å². The highest BCUT2D eigenvalue weighted by Crippen LogP contribution is 2.43. The second kappa shape index (κ2) is 14.9. The van der Waals surface area contributed by atoms with Gasteiger partial charge in [0.05, 0.1) is 18.1 Å². The number of carbonyl (C=O) groups excluding carboxylic acids is 5. The molecule has 0 spiro atoms. The number of nitrogens with zero attached hydrogens (tertiary/aromatic N) is 3. The molecule has 0 radical (unpaired) electrons. The first kappa shape index (κ1) is 36.5. The van der Waals surface area contributed by atoms with Crippen LogP contribution < -0.4 is 0 Å². The largest absolute Gasteiger partial charge is 0.460 e. The molecule has 2 aliphatic rings. The average molecular weight is 640 g/mol. The zero-order valence-electron chi connectivity index (χ0n) is 27.1. The molecule has 242 valence electrons. The number of amides is 3. The van der Waals surface area contributed by atoms with E-state index in [-0.39, 0.29) is 59.9 Å². The van der Waals surface area contributed by atoms with Gasteiger partial charge in [-0.2, -0.15) is 0 Å². The van der Waals surface area contributed by atoms with E-state index in [1.165, 1.54) is 26.9 Å². The Kier molecular flexibility index (Phi) is 12.7. The Morgan fingerprint density at radius 3 is 2.21 bits per heavy atom. The molecule has 0 aromatic heterocycles. The Labute approximate surface area is 261 Å². The highest BCUT2D eigenvalue weighted by molar-refractivity contribution is 8.14. The first-order valence-corrected chi connectivity index (χ1v) is 18.4. The standard InChI is InChI=1S/C30H49N3O8SSi/c1-12-14-39-23(34)18-33-25(24(27(33)36)20(4)41-43(10,11)30(5,6)7)19(3)28(37)42-21-16-22(26(35)31(8)9)32(17-21)29(38)40-15-13-2/h12-13,19-22,24-25H,1-2,14-18H2,3-11H3/t19-,20-,21+,22+,24?,25?/m1/s1. The van der Waals surface area contributed by atoms with Crippen molar-refractivity contribution in [3.05, 3.63) is 25.3 Å². The fourth-order valence-electron chi connectivity index (χ4n) is 5.13. The van der Waals surface area contributed by atoms with Gasteiger partial charge in [0.2, 0.25) is 11.8 Å². The van der Waals surface area contributed by atoms with Crippen molar-refractivity contribution in [1.29, 1.82) is 0 Å². The summed E-state index contributed by atoms with van der Waals surface area (Å²) in [6.07, 6.45) is 2.05. The molecule has 0 bridgehead atoms. The number of thioether (sulfide) groups is 1. The number of rotatable bonds is 13. The maximum Gasteiger partial charge on any atom is 0.410 e. The summed E-state index contributed by atoms with van der Waals surface area (Å²) in [6.45, 7) is 21.1. The molecule has 0 aliphatic carbocycles. The van der Waals surface area contributed by atoms with Crippen LogP contribution in [0.15, 0.2) is 25.3 Å². The minimum Gasteiger partial charge on any atom is -0.460 e. The maximum absolute atomic E-state index is 13.7. The number of likely N-dealkylation sites (tertiary alicyclic amines) is 2. The van der Waals surface area contributed by atoms with Crippen LogP contribution in [0.4, 0.5) is 4.79 Å². The number of esters is 1. The van der Waals surface area contributed by atoms with E-state index in [0.717, 1.165) is 11.8 Å². The number of hydrogen-bond donors (Lipinski definition) is 0. The molecular weight excluding hydrogens is 590 g/mol. The lowest BCUT2D eigenvalue weighted by molar-refractivity contribution is -0.174. The van der Waals surface area contributed by atoms with Crippen LogP contribution in [-0.4, -0.2) is 116 Å². The summed E-state index contributed by atoms with van der Waals surface area (Å²) < 4.78 is 16.9. The fourth-order valence-corrected chi connectivity index (χ4v) is 7.76. The van der Waals surface area contributed by atoms with Crippen molar-refractivity contribution in [3.8, 4) is 0 Å². The lowest BCUT2D eigenvalue weighted by atomic mass is 9.77. The van der Waals surface area contributed by atoms with Crippen LogP contribution in [0.1, 0.15) is 41.0 Å². The highest BCUT2D eigenvalue weighted by atomic mass is 32.2. The Morgan fingerprint density at radius 1 is 1.09 bits per heavy atom. The SMILES string of the molecule is C=CCOC(=O)CN1C(=O)C([C@@H](C)O[Si](C)(C)C(C)(C)C)C1[C@@H](C)C(=O)S[C@H]1C[C@@H](C(=O)N(C)C)N(C(=O)OCC=C)C1. The second-order valence-electron chi connectivity index (χ2n) is 12.9. The zero-order chi connectivity index (χ0) is 32.9. The van der Waals surface area contributed by atoms with Gasteiger partial charge in [-0.3, -0.25) is 24.1 Å². The number of carbonyl (C=O) groups is 5. The molecule has 13 heteroatoms. The van der Waals surface area contributed by atoms with Crippen molar-refractivity contribution in [2.75, 3.05) is 40.4 Å². The van der Waals surface area contributed by atoms with E-state index in [1.54, 1.807) is 21.0 Å². The Bertz CT molecular complexity index is 1090. The van der Waals surface area contributed by atoms with Crippen LogP contribution in [0.5, 0.6) is 0 Å². The highest BCUT2D eigenvalue weighted by Gasteiger charge is 2.56. The summed E-state index contributed by atoms with van der Waals surface area (Å²) in [7, 11) is 0.973. The van der Waals surface area contributed by atoms with Gasteiger partial charge in [-0.15, -0.1) is 0 Å². The third-order valence-electron chi connectivity index (χ3n) is 8.46. The van der Waals surface area contributed by atoms with Gasteiger partial charge in [-0.05, 0) is 31.5 Å². The van der Waals surface area contributed by atoms with Crippen LogP contribution in [0.25, 0.3) is 0 Å². The summed E-state index contributed by atoms with van der Waals surface area (Å²) in [5.41, 5.74) is 0. The molecule has 0 aromatic rings. The normalized spacial score (nSPS) is 23.6. The first-order chi connectivity index (χ1) is 19.9. The van der Waals surface area contributed by atoms with Crippen LogP contribution in [0, 0.1) is 11.8 Å². The molecule has 2 saturated heterocycles. The van der Waals surface area contributed by atoms with Gasteiger partial charge in [0.1, 0.15) is 25.8 Å². The second-order valence-corrected chi connectivity index (χ2v) is 18.9. The van der Waals surface area contributed by atoms with Crippen LogP contribution in [0.2, 0.25) is 18.1 Å². The number of β-lactam (4-membered cyclic amide) rings is 1. The summed E-state index contributed by atoms with van der Waals surface area (Å²) in [5, 5.41) is -0.647. The minimum absolute atomic E-state index is 0.00325. The lowest BCUT2D eigenvalue weighted by Gasteiger charge is -2.52. The zero-order valence-corrected chi connectivity index (χ0v) is 28.9.